The van der Waals surface area contributed by atoms with Gasteiger partial charge in [-0.2, -0.15) is 0 Å². The zero-order chi connectivity index (χ0) is 15.1. The third kappa shape index (κ3) is 2.04. The van der Waals surface area contributed by atoms with Crippen molar-refractivity contribution in [3.05, 3.63) is 77.1 Å². The van der Waals surface area contributed by atoms with Gasteiger partial charge in [0.15, 0.2) is 0 Å². The van der Waals surface area contributed by atoms with Crippen molar-refractivity contribution in [2.75, 3.05) is 0 Å². The molecular formula is C20H16N2. The first kappa shape index (κ1) is 13.0. The summed E-state index contributed by atoms with van der Waals surface area (Å²) in [5.41, 5.74) is 9.11. The highest BCUT2D eigenvalue weighted by Gasteiger charge is 2.17. The van der Waals surface area contributed by atoms with Gasteiger partial charge in [0, 0.05) is 5.56 Å². The average molecular weight is 284 g/mol. The van der Waals surface area contributed by atoms with Crippen molar-refractivity contribution >= 4 is 28.8 Å². The average Bonchev–Trinajstić information content (AvgIpc) is 2.97. The number of hydrogen-bond donors (Lipinski definition) is 0. The highest BCUT2D eigenvalue weighted by Crippen LogP contribution is 2.34. The summed E-state index contributed by atoms with van der Waals surface area (Å²) in [6.07, 6.45) is 6.75. The van der Waals surface area contributed by atoms with Crippen molar-refractivity contribution < 1.29 is 0 Å². The van der Waals surface area contributed by atoms with E-state index in [9.17, 15) is 0 Å². The van der Waals surface area contributed by atoms with E-state index in [2.05, 4.69) is 65.9 Å². The number of aromatic nitrogens is 2. The Morgan fingerprint density at radius 1 is 1.18 bits per heavy atom. The van der Waals surface area contributed by atoms with E-state index in [1.54, 1.807) is 12.3 Å². The second kappa shape index (κ2) is 4.92. The van der Waals surface area contributed by atoms with Gasteiger partial charge >= 0.3 is 0 Å². The molecule has 2 nitrogen and oxygen atoms in total. The summed E-state index contributed by atoms with van der Waals surface area (Å²) in [5, 5.41) is 0. The molecule has 0 fully saturated rings. The van der Waals surface area contributed by atoms with Crippen molar-refractivity contribution in [2.24, 2.45) is 0 Å². The molecule has 0 radical (unpaired) electrons. The summed E-state index contributed by atoms with van der Waals surface area (Å²) in [7, 11) is 0. The zero-order valence-corrected chi connectivity index (χ0v) is 12.5. The molecule has 0 bridgehead atoms. The highest BCUT2D eigenvalue weighted by atomic mass is 14.8. The van der Waals surface area contributed by atoms with Gasteiger partial charge in [0.2, 0.25) is 0 Å². The lowest BCUT2D eigenvalue weighted by Gasteiger charge is -2.09. The number of nitrogens with zero attached hydrogens (tertiary/aromatic N) is 2. The van der Waals surface area contributed by atoms with E-state index in [1.807, 2.05) is 0 Å². The van der Waals surface area contributed by atoms with Gasteiger partial charge in [-0.1, -0.05) is 36.9 Å². The lowest BCUT2D eigenvalue weighted by atomic mass is 9.99. The van der Waals surface area contributed by atoms with E-state index in [4.69, 9.17) is 0 Å². The van der Waals surface area contributed by atoms with Crippen LogP contribution in [0.2, 0.25) is 0 Å². The molecule has 1 aromatic heterocycles. The third-order valence-corrected chi connectivity index (χ3v) is 4.13. The molecule has 2 heteroatoms. The molecule has 106 valence electrons. The van der Waals surface area contributed by atoms with Gasteiger partial charge in [0.05, 0.1) is 22.9 Å². The molecule has 1 heterocycles. The molecule has 4 rings (SSSR count). The summed E-state index contributed by atoms with van der Waals surface area (Å²) in [6.45, 7) is 5.88. The molecule has 22 heavy (non-hydrogen) atoms. The lowest BCUT2D eigenvalue weighted by Crippen LogP contribution is -1.95. The van der Waals surface area contributed by atoms with Crippen LogP contribution >= 0.6 is 0 Å². The molecule has 1 aliphatic rings. The van der Waals surface area contributed by atoms with Crippen molar-refractivity contribution in [1.29, 1.82) is 0 Å². The summed E-state index contributed by atoms with van der Waals surface area (Å²) in [5.74, 6) is 0. The van der Waals surface area contributed by atoms with Crippen molar-refractivity contribution in [1.82, 2.24) is 9.97 Å². The summed E-state index contributed by atoms with van der Waals surface area (Å²) >= 11 is 0. The van der Waals surface area contributed by atoms with Crippen LogP contribution in [0.3, 0.4) is 0 Å². The Morgan fingerprint density at radius 3 is 2.86 bits per heavy atom. The summed E-state index contributed by atoms with van der Waals surface area (Å²) in [6, 6.07) is 12.8. The molecule has 0 N–H and O–H groups in total. The van der Waals surface area contributed by atoms with Gasteiger partial charge in [0.25, 0.3) is 0 Å². The molecule has 0 atom stereocenters. The normalized spacial score (nSPS) is 13.0. The number of benzene rings is 2. The summed E-state index contributed by atoms with van der Waals surface area (Å²) in [4.78, 5) is 9.25. The Hall–Kier alpha value is -2.74. The first-order valence-corrected chi connectivity index (χ1v) is 7.43. The van der Waals surface area contributed by atoms with Crippen molar-refractivity contribution in [3.63, 3.8) is 0 Å². The van der Waals surface area contributed by atoms with Crippen LogP contribution in [-0.4, -0.2) is 9.97 Å². The monoisotopic (exact) mass is 284 g/mol. The third-order valence-electron chi connectivity index (χ3n) is 4.13. The maximum absolute atomic E-state index is 4.63. The minimum absolute atomic E-state index is 0.813. The highest BCUT2D eigenvalue weighted by molar-refractivity contribution is 5.97. The van der Waals surface area contributed by atoms with Gasteiger partial charge in [-0.3, -0.25) is 4.98 Å². The quantitative estimate of drug-likeness (QED) is 0.683. The van der Waals surface area contributed by atoms with Crippen LogP contribution in [0.25, 0.3) is 28.8 Å². The van der Waals surface area contributed by atoms with Crippen LogP contribution in [-0.2, 0) is 6.42 Å². The minimum atomic E-state index is 0.813. The number of rotatable bonds is 2. The van der Waals surface area contributed by atoms with Crippen molar-refractivity contribution in [2.45, 2.75) is 13.3 Å². The van der Waals surface area contributed by atoms with Gasteiger partial charge in [-0.05, 0) is 53.8 Å². The first-order valence-electron chi connectivity index (χ1n) is 7.43. The number of allylic oxidation sites excluding steroid dienone is 1. The second-order valence-corrected chi connectivity index (χ2v) is 5.72. The minimum Gasteiger partial charge on any atom is -0.252 e. The van der Waals surface area contributed by atoms with Gasteiger partial charge in [-0.25, -0.2) is 4.98 Å². The van der Waals surface area contributed by atoms with Crippen LogP contribution in [0, 0.1) is 6.92 Å². The standard InChI is InChI=1S/C20H16N2/c1-3-17-12-21-20-18(8-13(2)9-19(20)22-17)16-10-14-6-4-5-7-15(14)11-16/h3-10,12H,1,11H2,2H3. The maximum Gasteiger partial charge on any atom is 0.0962 e. The Bertz CT molecular complexity index is 936. The number of aryl methyl sites for hydroxylation is 1. The zero-order valence-electron chi connectivity index (χ0n) is 12.5. The van der Waals surface area contributed by atoms with Crippen LogP contribution in [0.4, 0.5) is 0 Å². The molecule has 2 aromatic carbocycles. The van der Waals surface area contributed by atoms with E-state index < -0.39 is 0 Å². The second-order valence-electron chi connectivity index (χ2n) is 5.72. The molecule has 0 saturated heterocycles. The van der Waals surface area contributed by atoms with E-state index in [1.165, 1.54) is 27.8 Å². The predicted octanol–water partition coefficient (Wildman–Crippen LogP) is 4.68. The fraction of sp³-hybridized carbons (Fsp3) is 0.100. The fourth-order valence-corrected chi connectivity index (χ4v) is 3.08. The number of fused-ring (bicyclic) bond motifs is 2. The first-order chi connectivity index (χ1) is 10.7. The van der Waals surface area contributed by atoms with Crippen molar-refractivity contribution in [3.8, 4) is 0 Å². The maximum atomic E-state index is 4.63. The molecular weight excluding hydrogens is 268 g/mol. The van der Waals surface area contributed by atoms with E-state index in [0.717, 1.165) is 23.1 Å². The Kier molecular flexibility index (Phi) is 2.90. The van der Waals surface area contributed by atoms with Crippen LogP contribution < -0.4 is 0 Å². The predicted molar refractivity (Wildman–Crippen MR) is 92.4 cm³/mol. The topological polar surface area (TPSA) is 25.8 Å². The number of hydrogen-bond acceptors (Lipinski definition) is 2. The Morgan fingerprint density at radius 2 is 2.05 bits per heavy atom. The molecule has 0 unspecified atom stereocenters. The molecule has 0 saturated carbocycles. The van der Waals surface area contributed by atoms with E-state index >= 15 is 0 Å². The molecule has 0 amide bonds. The Balaban J connectivity index is 1.91. The van der Waals surface area contributed by atoms with Gasteiger partial charge < -0.3 is 0 Å². The smallest absolute Gasteiger partial charge is 0.0962 e. The molecule has 0 spiro atoms. The van der Waals surface area contributed by atoms with Gasteiger partial charge in [-0.15, -0.1) is 0 Å². The van der Waals surface area contributed by atoms with Crippen LogP contribution in [0.5, 0.6) is 0 Å². The SMILES string of the molecule is C=Cc1cnc2c(C3=Cc4ccccc4C3)cc(C)cc2n1. The fourth-order valence-electron chi connectivity index (χ4n) is 3.08. The molecule has 0 aliphatic heterocycles. The van der Waals surface area contributed by atoms with Crippen LogP contribution in [0.1, 0.15) is 27.9 Å². The lowest BCUT2D eigenvalue weighted by molar-refractivity contribution is 1.24. The summed E-state index contributed by atoms with van der Waals surface area (Å²) < 4.78 is 0. The van der Waals surface area contributed by atoms with E-state index in [0.29, 0.717) is 0 Å². The largest absolute Gasteiger partial charge is 0.252 e. The van der Waals surface area contributed by atoms with Crippen LogP contribution in [0.15, 0.2) is 49.2 Å². The van der Waals surface area contributed by atoms with E-state index in [-0.39, 0.29) is 0 Å². The van der Waals surface area contributed by atoms with Gasteiger partial charge in [0.1, 0.15) is 0 Å². The molecule has 3 aromatic rings. The molecule has 1 aliphatic carbocycles. The Labute approximate surface area is 129 Å².